The molecule has 128 valence electrons. The normalized spacial score (nSPS) is 20.9. The fourth-order valence-corrected chi connectivity index (χ4v) is 4.32. The van der Waals surface area contributed by atoms with Gasteiger partial charge >= 0.3 is 0 Å². The number of nitrogens with one attached hydrogen (secondary N) is 1. The molecule has 1 N–H and O–H groups in total. The fraction of sp³-hybridized carbons (Fsp3) is 0.600. The van der Waals surface area contributed by atoms with Crippen LogP contribution >= 0.6 is 0 Å². The number of carbonyl (C=O) groups excluding carboxylic acids is 1. The van der Waals surface area contributed by atoms with Gasteiger partial charge in [0.2, 0.25) is 5.91 Å². The second-order valence-corrected chi connectivity index (χ2v) is 8.32. The smallest absolute Gasteiger partial charge is 0.221 e. The molecule has 1 saturated heterocycles. The molecule has 2 rings (SSSR count). The molecular weight excluding hydrogens is 316 g/mol. The third kappa shape index (κ3) is 4.90. The second kappa shape index (κ2) is 7.27. The summed E-state index contributed by atoms with van der Waals surface area (Å²) in [4.78, 5) is 20.3. The summed E-state index contributed by atoms with van der Waals surface area (Å²) in [5.74, 6) is 0.0554. The molecule has 0 spiro atoms. The van der Waals surface area contributed by atoms with Crippen molar-refractivity contribution in [1.82, 2.24) is 15.2 Å². The Hall–Kier alpha value is -1.67. The van der Waals surface area contributed by atoms with Gasteiger partial charge < -0.3 is 15.1 Å². The van der Waals surface area contributed by atoms with Gasteiger partial charge in [0.05, 0.1) is 29.4 Å². The topological polar surface area (TPSA) is 82.6 Å². The van der Waals surface area contributed by atoms with E-state index >= 15 is 0 Å². The van der Waals surface area contributed by atoms with Crippen molar-refractivity contribution in [3.63, 3.8) is 0 Å². The molecule has 0 radical (unpaired) electrons. The van der Waals surface area contributed by atoms with Crippen molar-refractivity contribution in [3.8, 4) is 0 Å². The van der Waals surface area contributed by atoms with Crippen molar-refractivity contribution in [2.24, 2.45) is 0 Å². The van der Waals surface area contributed by atoms with Crippen LogP contribution in [0.25, 0.3) is 0 Å². The van der Waals surface area contributed by atoms with Crippen LogP contribution in [0.15, 0.2) is 18.3 Å². The summed E-state index contributed by atoms with van der Waals surface area (Å²) in [5, 5.41) is 2.84. The SMILES string of the molecule is CN(C)c1cccnc1CNC(=O)CC1CS(=O)(=O)CCN1C. The van der Waals surface area contributed by atoms with Gasteiger partial charge in [-0.1, -0.05) is 0 Å². The van der Waals surface area contributed by atoms with Crippen LogP contribution < -0.4 is 10.2 Å². The first-order valence-corrected chi connectivity index (χ1v) is 9.39. The Labute approximate surface area is 137 Å². The Kier molecular flexibility index (Phi) is 5.59. The lowest BCUT2D eigenvalue weighted by atomic mass is 10.2. The lowest BCUT2D eigenvalue weighted by Gasteiger charge is -2.31. The maximum atomic E-state index is 12.1. The second-order valence-electron chi connectivity index (χ2n) is 6.09. The highest BCUT2D eigenvalue weighted by atomic mass is 32.2. The van der Waals surface area contributed by atoms with Gasteiger partial charge in [0.15, 0.2) is 9.84 Å². The van der Waals surface area contributed by atoms with Gasteiger partial charge in [0.1, 0.15) is 0 Å². The molecule has 1 fully saturated rings. The summed E-state index contributed by atoms with van der Waals surface area (Å²) < 4.78 is 23.4. The molecule has 1 aliphatic rings. The van der Waals surface area contributed by atoms with E-state index < -0.39 is 9.84 Å². The summed E-state index contributed by atoms with van der Waals surface area (Å²) in [5.41, 5.74) is 1.74. The summed E-state index contributed by atoms with van der Waals surface area (Å²) in [6, 6.07) is 3.53. The van der Waals surface area contributed by atoms with E-state index in [0.717, 1.165) is 11.4 Å². The van der Waals surface area contributed by atoms with E-state index in [4.69, 9.17) is 0 Å². The number of anilines is 1. The predicted octanol–water partition coefficient (Wildman–Crippen LogP) is -0.117. The van der Waals surface area contributed by atoms with E-state index in [2.05, 4.69) is 10.3 Å². The van der Waals surface area contributed by atoms with Crippen LogP contribution in [0.1, 0.15) is 12.1 Å². The molecule has 1 aromatic rings. The molecule has 1 unspecified atom stereocenters. The first kappa shape index (κ1) is 17.7. The molecule has 23 heavy (non-hydrogen) atoms. The Morgan fingerprint density at radius 1 is 1.48 bits per heavy atom. The molecule has 0 aliphatic carbocycles. The number of amides is 1. The van der Waals surface area contributed by atoms with Gasteiger partial charge in [-0.15, -0.1) is 0 Å². The third-order valence-electron chi connectivity index (χ3n) is 4.05. The Morgan fingerprint density at radius 3 is 2.91 bits per heavy atom. The Bertz CT molecular complexity index is 660. The maximum Gasteiger partial charge on any atom is 0.221 e. The highest BCUT2D eigenvalue weighted by Gasteiger charge is 2.30. The van der Waals surface area contributed by atoms with E-state index in [9.17, 15) is 13.2 Å². The van der Waals surface area contributed by atoms with Gasteiger partial charge in [-0.3, -0.25) is 9.78 Å². The zero-order valence-corrected chi connectivity index (χ0v) is 14.6. The standard InChI is InChI=1S/C15H24N4O3S/c1-18(2)14-5-4-6-16-13(14)10-17-15(20)9-12-11-23(21,22)8-7-19(12)3/h4-6,12H,7-11H2,1-3H3,(H,17,20). The van der Waals surface area contributed by atoms with E-state index in [1.165, 1.54) is 0 Å². The average Bonchev–Trinajstić information content (AvgIpc) is 2.49. The van der Waals surface area contributed by atoms with Crippen LogP contribution in [0.3, 0.4) is 0 Å². The third-order valence-corrected chi connectivity index (χ3v) is 5.74. The average molecular weight is 340 g/mol. The number of aromatic nitrogens is 1. The molecular formula is C15H24N4O3S. The van der Waals surface area contributed by atoms with Crippen molar-refractivity contribution < 1.29 is 13.2 Å². The van der Waals surface area contributed by atoms with Crippen LogP contribution in [-0.4, -0.2) is 69.4 Å². The van der Waals surface area contributed by atoms with Gasteiger partial charge in [-0.25, -0.2) is 8.42 Å². The summed E-state index contributed by atoms with van der Waals surface area (Å²) in [7, 11) is 2.66. The minimum atomic E-state index is -3.04. The summed E-state index contributed by atoms with van der Waals surface area (Å²) >= 11 is 0. The van der Waals surface area contributed by atoms with Crippen LogP contribution in [0.2, 0.25) is 0 Å². The molecule has 0 saturated carbocycles. The number of rotatable bonds is 5. The monoisotopic (exact) mass is 340 g/mol. The van der Waals surface area contributed by atoms with Crippen molar-refractivity contribution >= 4 is 21.4 Å². The largest absolute Gasteiger partial charge is 0.376 e. The molecule has 1 atom stereocenters. The highest BCUT2D eigenvalue weighted by Crippen LogP contribution is 2.16. The number of nitrogens with zero attached hydrogens (tertiary/aromatic N) is 3. The lowest BCUT2D eigenvalue weighted by molar-refractivity contribution is -0.122. The zero-order chi connectivity index (χ0) is 17.0. The van der Waals surface area contributed by atoms with Crippen LogP contribution in [0.5, 0.6) is 0 Å². The molecule has 0 bridgehead atoms. The molecule has 1 aliphatic heterocycles. The first-order chi connectivity index (χ1) is 10.8. The molecule has 2 heterocycles. The van der Waals surface area contributed by atoms with Crippen LogP contribution in [0, 0.1) is 0 Å². The molecule has 1 aromatic heterocycles. The molecule has 7 nitrogen and oxygen atoms in total. The number of pyridine rings is 1. The van der Waals surface area contributed by atoms with Gasteiger partial charge in [0.25, 0.3) is 0 Å². The van der Waals surface area contributed by atoms with E-state index in [0.29, 0.717) is 13.1 Å². The Morgan fingerprint density at radius 2 is 2.22 bits per heavy atom. The highest BCUT2D eigenvalue weighted by molar-refractivity contribution is 7.91. The number of sulfone groups is 1. The fourth-order valence-electron chi connectivity index (χ4n) is 2.63. The van der Waals surface area contributed by atoms with E-state index in [1.54, 1.807) is 6.20 Å². The van der Waals surface area contributed by atoms with Gasteiger partial charge in [-0.2, -0.15) is 0 Å². The summed E-state index contributed by atoms with van der Waals surface area (Å²) in [6.07, 6.45) is 1.87. The molecule has 8 heteroatoms. The Balaban J connectivity index is 1.93. The van der Waals surface area contributed by atoms with Crippen LogP contribution in [0.4, 0.5) is 5.69 Å². The number of carbonyl (C=O) groups is 1. The van der Waals surface area contributed by atoms with Crippen molar-refractivity contribution in [2.75, 3.05) is 44.1 Å². The van der Waals surface area contributed by atoms with Crippen molar-refractivity contribution in [3.05, 3.63) is 24.0 Å². The van der Waals surface area contributed by atoms with E-state index in [-0.39, 0.29) is 29.9 Å². The zero-order valence-electron chi connectivity index (χ0n) is 13.8. The predicted molar refractivity (Wildman–Crippen MR) is 90.1 cm³/mol. The van der Waals surface area contributed by atoms with Gasteiger partial charge in [0, 0.05) is 39.3 Å². The van der Waals surface area contributed by atoms with Gasteiger partial charge in [-0.05, 0) is 19.2 Å². The quantitative estimate of drug-likeness (QED) is 0.805. The maximum absolute atomic E-state index is 12.1. The summed E-state index contributed by atoms with van der Waals surface area (Å²) in [6.45, 7) is 0.807. The molecule has 0 aromatic carbocycles. The first-order valence-electron chi connectivity index (χ1n) is 7.57. The van der Waals surface area contributed by atoms with Crippen LogP contribution in [-0.2, 0) is 21.2 Å². The number of hydrogen-bond acceptors (Lipinski definition) is 6. The number of hydrogen-bond donors (Lipinski definition) is 1. The van der Waals surface area contributed by atoms with E-state index in [1.807, 2.05) is 43.1 Å². The minimum Gasteiger partial charge on any atom is -0.376 e. The van der Waals surface area contributed by atoms with Crippen molar-refractivity contribution in [1.29, 1.82) is 0 Å². The minimum absolute atomic E-state index is 0.0451. The molecule has 1 amide bonds. The lowest BCUT2D eigenvalue weighted by Crippen LogP contribution is -2.48. The van der Waals surface area contributed by atoms with Crippen molar-refractivity contribution in [2.45, 2.75) is 19.0 Å².